The van der Waals surface area contributed by atoms with Gasteiger partial charge in [-0.1, -0.05) is 0 Å². The molecular formula is C13H17F3N2O2S. The molecule has 1 aromatic heterocycles. The molecule has 1 heterocycles. The average Bonchev–Trinajstić information content (AvgIpc) is 2.38. The lowest BCUT2D eigenvalue weighted by Gasteiger charge is -2.30. The first-order chi connectivity index (χ1) is 9.66. The number of sulfone groups is 1. The van der Waals surface area contributed by atoms with Crippen molar-refractivity contribution in [2.24, 2.45) is 5.92 Å². The van der Waals surface area contributed by atoms with Crippen LogP contribution in [0.2, 0.25) is 0 Å². The zero-order chi connectivity index (χ0) is 15.7. The summed E-state index contributed by atoms with van der Waals surface area (Å²) >= 11 is 0. The maximum Gasteiger partial charge on any atom is 0.391 e. The van der Waals surface area contributed by atoms with Crippen molar-refractivity contribution >= 4 is 15.5 Å². The quantitative estimate of drug-likeness (QED) is 0.929. The molecule has 0 aliphatic heterocycles. The topological polar surface area (TPSA) is 59.1 Å². The van der Waals surface area contributed by atoms with Crippen LogP contribution in [-0.4, -0.2) is 31.9 Å². The van der Waals surface area contributed by atoms with Gasteiger partial charge in [-0.15, -0.1) is 0 Å². The Bertz CT molecular complexity index is 576. The second kappa shape index (κ2) is 5.82. The Balaban J connectivity index is 1.92. The Labute approximate surface area is 121 Å². The summed E-state index contributed by atoms with van der Waals surface area (Å²) in [6.45, 7) is 0. The average molecular weight is 322 g/mol. The molecule has 2 rings (SSSR count). The van der Waals surface area contributed by atoms with Crippen LogP contribution in [0.25, 0.3) is 0 Å². The van der Waals surface area contributed by atoms with E-state index in [0.717, 1.165) is 6.26 Å². The monoisotopic (exact) mass is 322 g/mol. The van der Waals surface area contributed by atoms with Gasteiger partial charge in [-0.05, 0) is 37.8 Å². The third-order valence-corrected chi connectivity index (χ3v) is 4.68. The van der Waals surface area contributed by atoms with Gasteiger partial charge in [0.25, 0.3) is 0 Å². The smallest absolute Gasteiger partial charge is 0.381 e. The van der Waals surface area contributed by atoms with Crippen molar-refractivity contribution in [2.45, 2.75) is 42.9 Å². The number of hydrogen-bond donors (Lipinski definition) is 1. The molecule has 0 saturated heterocycles. The summed E-state index contributed by atoms with van der Waals surface area (Å²) in [4.78, 5) is 3.84. The highest BCUT2D eigenvalue weighted by atomic mass is 32.2. The number of anilines is 1. The Morgan fingerprint density at radius 1 is 1.19 bits per heavy atom. The van der Waals surface area contributed by atoms with E-state index >= 15 is 0 Å². The fraction of sp³-hybridized carbons (Fsp3) is 0.615. The highest BCUT2D eigenvalue weighted by Crippen LogP contribution is 2.38. The minimum absolute atomic E-state index is 0.0196. The van der Waals surface area contributed by atoms with Gasteiger partial charge in [-0.2, -0.15) is 13.2 Å². The molecule has 118 valence electrons. The summed E-state index contributed by atoms with van der Waals surface area (Å²) in [6, 6.07) is 2.94. The molecule has 8 heteroatoms. The van der Waals surface area contributed by atoms with Crippen LogP contribution in [0.3, 0.4) is 0 Å². The van der Waals surface area contributed by atoms with Crippen molar-refractivity contribution in [3.05, 3.63) is 18.3 Å². The zero-order valence-electron chi connectivity index (χ0n) is 11.5. The molecule has 21 heavy (non-hydrogen) atoms. The minimum atomic E-state index is -4.11. The van der Waals surface area contributed by atoms with E-state index < -0.39 is 21.9 Å². The van der Waals surface area contributed by atoms with Crippen LogP contribution in [0.15, 0.2) is 23.4 Å². The van der Waals surface area contributed by atoms with Gasteiger partial charge in [0.1, 0.15) is 0 Å². The van der Waals surface area contributed by atoms with Crippen LogP contribution in [0.1, 0.15) is 25.7 Å². The molecule has 1 aliphatic carbocycles. The second-order valence-corrected chi connectivity index (χ2v) is 7.35. The molecule has 1 N–H and O–H groups in total. The lowest BCUT2D eigenvalue weighted by molar-refractivity contribution is -0.182. The fourth-order valence-electron chi connectivity index (χ4n) is 2.49. The Morgan fingerprint density at radius 2 is 1.81 bits per heavy atom. The maximum atomic E-state index is 12.6. The molecule has 1 saturated carbocycles. The predicted octanol–water partition coefficient (Wildman–Crippen LogP) is 3.02. The highest BCUT2D eigenvalue weighted by Gasteiger charge is 2.41. The third-order valence-electron chi connectivity index (χ3n) is 3.68. The van der Waals surface area contributed by atoms with Crippen molar-refractivity contribution < 1.29 is 21.6 Å². The first-order valence-corrected chi connectivity index (χ1v) is 8.55. The highest BCUT2D eigenvalue weighted by molar-refractivity contribution is 7.90. The number of alkyl halides is 3. The summed E-state index contributed by atoms with van der Waals surface area (Å²) < 4.78 is 60.2. The molecule has 0 atom stereocenters. The van der Waals surface area contributed by atoms with Crippen molar-refractivity contribution in [1.82, 2.24) is 4.98 Å². The predicted molar refractivity (Wildman–Crippen MR) is 72.8 cm³/mol. The Kier molecular flexibility index (Phi) is 4.46. The van der Waals surface area contributed by atoms with E-state index in [4.69, 9.17) is 0 Å². The summed E-state index contributed by atoms with van der Waals surface area (Å²) in [7, 11) is -3.34. The first kappa shape index (κ1) is 16.1. The van der Waals surface area contributed by atoms with Crippen molar-refractivity contribution in [2.75, 3.05) is 11.6 Å². The van der Waals surface area contributed by atoms with Crippen LogP contribution >= 0.6 is 0 Å². The molecule has 0 radical (unpaired) electrons. The Morgan fingerprint density at radius 3 is 2.24 bits per heavy atom. The van der Waals surface area contributed by atoms with E-state index in [1.807, 2.05) is 0 Å². The number of nitrogens with zero attached hydrogens (tertiary/aromatic N) is 1. The van der Waals surface area contributed by atoms with Gasteiger partial charge in [0.15, 0.2) is 14.9 Å². The van der Waals surface area contributed by atoms with E-state index in [1.54, 1.807) is 6.07 Å². The second-order valence-electron chi connectivity index (χ2n) is 5.39. The molecular weight excluding hydrogens is 305 g/mol. The van der Waals surface area contributed by atoms with Crippen LogP contribution in [0.5, 0.6) is 0 Å². The van der Waals surface area contributed by atoms with Gasteiger partial charge in [-0.25, -0.2) is 13.4 Å². The number of nitrogens with one attached hydrogen (secondary N) is 1. The molecule has 0 aromatic carbocycles. The largest absolute Gasteiger partial charge is 0.391 e. The number of rotatable bonds is 3. The van der Waals surface area contributed by atoms with Crippen LogP contribution in [0.4, 0.5) is 18.9 Å². The Hall–Kier alpha value is -1.31. The van der Waals surface area contributed by atoms with Gasteiger partial charge in [-0.3, -0.25) is 0 Å². The number of aromatic nitrogens is 1. The molecule has 1 fully saturated rings. The standard InChI is InChI=1S/C13H17F3N2O2S/c1-21(19,20)12-7-6-11(8-17-12)18-10-4-2-9(3-5-10)13(14,15)16/h6-10,18H,2-5H2,1H3. The summed E-state index contributed by atoms with van der Waals surface area (Å²) in [5, 5.41) is 3.09. The van der Waals surface area contributed by atoms with E-state index in [0.29, 0.717) is 18.5 Å². The summed E-state index contributed by atoms with van der Waals surface area (Å²) in [5.74, 6) is -1.21. The fourth-order valence-corrected chi connectivity index (χ4v) is 3.05. The molecule has 0 amide bonds. The molecule has 0 spiro atoms. The van der Waals surface area contributed by atoms with Crippen LogP contribution in [0, 0.1) is 5.92 Å². The van der Waals surface area contributed by atoms with Gasteiger partial charge in [0.2, 0.25) is 0 Å². The van der Waals surface area contributed by atoms with Crippen molar-refractivity contribution in [3.8, 4) is 0 Å². The van der Waals surface area contributed by atoms with Gasteiger partial charge >= 0.3 is 6.18 Å². The molecule has 1 aromatic rings. The number of hydrogen-bond acceptors (Lipinski definition) is 4. The molecule has 1 aliphatic rings. The number of halogens is 3. The first-order valence-electron chi connectivity index (χ1n) is 6.65. The lowest BCUT2D eigenvalue weighted by Crippen LogP contribution is -2.32. The normalized spacial score (nSPS) is 23.8. The van der Waals surface area contributed by atoms with E-state index in [2.05, 4.69) is 10.3 Å². The molecule has 0 bridgehead atoms. The third kappa shape index (κ3) is 4.33. The van der Waals surface area contributed by atoms with E-state index in [1.165, 1.54) is 12.3 Å². The zero-order valence-corrected chi connectivity index (χ0v) is 12.3. The minimum Gasteiger partial charge on any atom is -0.381 e. The van der Waals surface area contributed by atoms with Gasteiger partial charge in [0.05, 0.1) is 17.8 Å². The van der Waals surface area contributed by atoms with E-state index in [9.17, 15) is 21.6 Å². The van der Waals surface area contributed by atoms with Crippen molar-refractivity contribution in [3.63, 3.8) is 0 Å². The van der Waals surface area contributed by atoms with Gasteiger partial charge < -0.3 is 5.32 Å². The maximum absolute atomic E-state index is 12.6. The summed E-state index contributed by atoms with van der Waals surface area (Å²) in [6.07, 6.45) is -0.515. The summed E-state index contributed by atoms with van der Waals surface area (Å²) in [5.41, 5.74) is 0.623. The molecule has 0 unspecified atom stereocenters. The number of pyridine rings is 1. The van der Waals surface area contributed by atoms with E-state index in [-0.39, 0.29) is 23.9 Å². The van der Waals surface area contributed by atoms with Gasteiger partial charge in [0, 0.05) is 12.3 Å². The SMILES string of the molecule is CS(=O)(=O)c1ccc(NC2CCC(C(F)(F)F)CC2)cn1. The lowest BCUT2D eigenvalue weighted by atomic mass is 9.85. The van der Waals surface area contributed by atoms with Crippen LogP contribution in [-0.2, 0) is 9.84 Å². The van der Waals surface area contributed by atoms with Crippen LogP contribution < -0.4 is 5.32 Å². The molecule has 4 nitrogen and oxygen atoms in total. The van der Waals surface area contributed by atoms with Crippen molar-refractivity contribution in [1.29, 1.82) is 0 Å².